The van der Waals surface area contributed by atoms with Crippen LogP contribution in [0.1, 0.15) is 18.7 Å². The lowest BCUT2D eigenvalue weighted by Gasteiger charge is -2.26. The van der Waals surface area contributed by atoms with Gasteiger partial charge < -0.3 is 19.8 Å². The molecular formula is C12H11F3N2O4. The number of hydrogen-bond donors (Lipinski definition) is 2. The Labute approximate surface area is 116 Å². The smallest absolute Gasteiger partial charge is 0.422 e. The zero-order valence-corrected chi connectivity index (χ0v) is 10.8. The topological polar surface area (TPSA) is 80.6 Å². The molecule has 0 spiro atoms. The number of carbonyl (C=O) groups is 2. The number of esters is 1. The molecule has 114 valence electrons. The summed E-state index contributed by atoms with van der Waals surface area (Å²) in [7, 11) is 0. The number of allylic oxidation sites excluding steroid dienone is 1. The van der Waals surface area contributed by atoms with Gasteiger partial charge in [0.15, 0.2) is 6.61 Å². The lowest BCUT2D eigenvalue weighted by Crippen LogP contribution is -2.45. The highest BCUT2D eigenvalue weighted by molar-refractivity contribution is 5.94. The Morgan fingerprint density at radius 2 is 2.19 bits per heavy atom. The van der Waals surface area contributed by atoms with Gasteiger partial charge in [-0.1, -0.05) is 0 Å². The first-order valence-electron chi connectivity index (χ1n) is 5.83. The van der Waals surface area contributed by atoms with Crippen LogP contribution in [0.25, 0.3) is 0 Å². The molecule has 2 heterocycles. The monoisotopic (exact) mass is 304 g/mol. The summed E-state index contributed by atoms with van der Waals surface area (Å²) in [5.41, 5.74) is -0.0406. The van der Waals surface area contributed by atoms with E-state index in [9.17, 15) is 22.8 Å². The summed E-state index contributed by atoms with van der Waals surface area (Å²) in [5.74, 6) is -0.970. The molecule has 0 saturated carbocycles. The van der Waals surface area contributed by atoms with E-state index in [-0.39, 0.29) is 17.0 Å². The van der Waals surface area contributed by atoms with E-state index in [4.69, 9.17) is 4.42 Å². The number of halogens is 3. The minimum absolute atomic E-state index is 0.104. The largest absolute Gasteiger partial charge is 0.467 e. The van der Waals surface area contributed by atoms with Gasteiger partial charge >= 0.3 is 18.2 Å². The van der Waals surface area contributed by atoms with Crippen molar-refractivity contribution in [3.05, 3.63) is 35.4 Å². The quantitative estimate of drug-likeness (QED) is 0.837. The van der Waals surface area contributed by atoms with Crippen molar-refractivity contribution in [2.24, 2.45) is 0 Å². The van der Waals surface area contributed by atoms with Crippen molar-refractivity contribution < 1.29 is 31.9 Å². The molecule has 0 fully saturated rings. The Kier molecular flexibility index (Phi) is 3.92. The van der Waals surface area contributed by atoms with E-state index in [0.717, 1.165) is 0 Å². The summed E-state index contributed by atoms with van der Waals surface area (Å²) >= 11 is 0. The van der Waals surface area contributed by atoms with Gasteiger partial charge in [0.1, 0.15) is 11.8 Å². The zero-order chi connectivity index (χ0) is 15.6. The maximum Gasteiger partial charge on any atom is 0.422 e. The average Bonchev–Trinajstić information content (AvgIpc) is 2.87. The number of alkyl halides is 3. The summed E-state index contributed by atoms with van der Waals surface area (Å²) in [6, 6.07) is 1.41. The van der Waals surface area contributed by atoms with Crippen molar-refractivity contribution in [3.8, 4) is 0 Å². The molecule has 2 N–H and O–H groups in total. The van der Waals surface area contributed by atoms with Crippen molar-refractivity contribution in [2.45, 2.75) is 19.1 Å². The molecule has 1 unspecified atom stereocenters. The molecule has 1 aliphatic rings. The van der Waals surface area contributed by atoms with Crippen LogP contribution in [0, 0.1) is 0 Å². The van der Waals surface area contributed by atoms with Gasteiger partial charge in [0.25, 0.3) is 0 Å². The highest BCUT2D eigenvalue weighted by Gasteiger charge is 2.36. The highest BCUT2D eigenvalue weighted by Crippen LogP contribution is 2.28. The molecule has 0 radical (unpaired) electrons. The lowest BCUT2D eigenvalue weighted by atomic mass is 10.0. The van der Waals surface area contributed by atoms with Crippen LogP contribution in [0.5, 0.6) is 0 Å². The van der Waals surface area contributed by atoms with Gasteiger partial charge in [-0.2, -0.15) is 13.2 Å². The Morgan fingerprint density at radius 3 is 2.76 bits per heavy atom. The van der Waals surface area contributed by atoms with Crippen molar-refractivity contribution in [1.82, 2.24) is 10.6 Å². The van der Waals surface area contributed by atoms with Crippen LogP contribution >= 0.6 is 0 Å². The number of ether oxygens (including phenoxy) is 1. The minimum atomic E-state index is -4.63. The fourth-order valence-corrected chi connectivity index (χ4v) is 1.86. The third kappa shape index (κ3) is 3.56. The molecule has 2 rings (SSSR count). The van der Waals surface area contributed by atoms with E-state index >= 15 is 0 Å². The summed E-state index contributed by atoms with van der Waals surface area (Å²) in [5, 5.41) is 4.70. The SMILES string of the molecule is CC1=C(C(=O)OCC(F)(F)F)C(c2ccco2)NC(=O)N1. The van der Waals surface area contributed by atoms with E-state index in [1.807, 2.05) is 0 Å². The maximum atomic E-state index is 12.1. The van der Waals surface area contributed by atoms with E-state index in [0.29, 0.717) is 0 Å². The van der Waals surface area contributed by atoms with Crippen molar-refractivity contribution in [1.29, 1.82) is 0 Å². The number of hydrogen-bond acceptors (Lipinski definition) is 4. The second kappa shape index (κ2) is 5.51. The highest BCUT2D eigenvalue weighted by atomic mass is 19.4. The van der Waals surface area contributed by atoms with Crippen LogP contribution in [0.2, 0.25) is 0 Å². The molecule has 21 heavy (non-hydrogen) atoms. The number of amides is 2. The van der Waals surface area contributed by atoms with E-state index in [2.05, 4.69) is 15.4 Å². The Balaban J connectivity index is 2.26. The number of carbonyl (C=O) groups excluding carboxylic acids is 2. The fraction of sp³-hybridized carbons (Fsp3) is 0.333. The molecule has 9 heteroatoms. The molecule has 0 bridgehead atoms. The predicted molar refractivity (Wildman–Crippen MR) is 62.8 cm³/mol. The summed E-state index contributed by atoms with van der Waals surface area (Å²) in [4.78, 5) is 23.3. The first-order chi connectivity index (χ1) is 9.78. The van der Waals surface area contributed by atoms with Crippen LogP contribution in [0.3, 0.4) is 0 Å². The molecule has 0 aromatic carbocycles. The number of nitrogens with one attached hydrogen (secondary N) is 2. The second-order valence-corrected chi connectivity index (χ2v) is 4.28. The zero-order valence-electron chi connectivity index (χ0n) is 10.8. The van der Waals surface area contributed by atoms with Gasteiger partial charge in [-0.3, -0.25) is 0 Å². The number of furan rings is 1. The Morgan fingerprint density at radius 1 is 1.48 bits per heavy atom. The standard InChI is InChI=1S/C12H11F3N2O4/c1-6-8(10(18)21-5-12(13,14)15)9(17-11(19)16-6)7-3-2-4-20-7/h2-4,9H,5H2,1H3,(H2,16,17,19). The summed E-state index contributed by atoms with van der Waals surface area (Å²) in [6.07, 6.45) is -3.31. The fourth-order valence-electron chi connectivity index (χ4n) is 1.86. The van der Waals surface area contributed by atoms with Gasteiger partial charge in [0.2, 0.25) is 0 Å². The number of rotatable bonds is 3. The van der Waals surface area contributed by atoms with Gasteiger partial charge in [-0.25, -0.2) is 9.59 Å². The first kappa shape index (κ1) is 14.9. The average molecular weight is 304 g/mol. The van der Waals surface area contributed by atoms with Crippen molar-refractivity contribution in [2.75, 3.05) is 6.61 Å². The van der Waals surface area contributed by atoms with Crippen LogP contribution in [-0.2, 0) is 9.53 Å². The third-order valence-electron chi connectivity index (χ3n) is 2.68. The van der Waals surface area contributed by atoms with E-state index in [1.165, 1.54) is 25.3 Å². The Bertz CT molecular complexity index is 578. The predicted octanol–water partition coefficient (Wildman–Crippen LogP) is 2.01. The Hall–Kier alpha value is -2.45. The summed E-state index contributed by atoms with van der Waals surface area (Å²) in [6.45, 7) is -0.319. The van der Waals surface area contributed by atoms with Gasteiger partial charge in [-0.05, 0) is 19.1 Å². The first-order valence-corrected chi connectivity index (χ1v) is 5.83. The molecule has 1 aliphatic heterocycles. The van der Waals surface area contributed by atoms with Gasteiger partial charge in [0.05, 0.1) is 11.8 Å². The molecule has 1 atom stereocenters. The van der Waals surface area contributed by atoms with Crippen LogP contribution < -0.4 is 10.6 Å². The van der Waals surface area contributed by atoms with Crippen LogP contribution in [0.15, 0.2) is 34.1 Å². The maximum absolute atomic E-state index is 12.1. The normalized spacial score (nSPS) is 19.0. The van der Waals surface area contributed by atoms with Gasteiger partial charge in [0, 0.05) is 5.70 Å². The molecule has 2 amide bonds. The van der Waals surface area contributed by atoms with E-state index < -0.39 is 30.8 Å². The van der Waals surface area contributed by atoms with E-state index in [1.54, 1.807) is 0 Å². The molecule has 6 nitrogen and oxygen atoms in total. The number of urea groups is 1. The van der Waals surface area contributed by atoms with Crippen molar-refractivity contribution >= 4 is 12.0 Å². The van der Waals surface area contributed by atoms with Crippen molar-refractivity contribution in [3.63, 3.8) is 0 Å². The third-order valence-corrected chi connectivity index (χ3v) is 2.68. The van der Waals surface area contributed by atoms with Gasteiger partial charge in [-0.15, -0.1) is 0 Å². The summed E-state index contributed by atoms with van der Waals surface area (Å²) < 4.78 is 45.7. The minimum Gasteiger partial charge on any atom is -0.467 e. The van der Waals surface area contributed by atoms with Crippen LogP contribution in [0.4, 0.5) is 18.0 Å². The molecule has 1 aromatic heterocycles. The molecular weight excluding hydrogens is 293 g/mol. The molecule has 0 aliphatic carbocycles. The lowest BCUT2D eigenvalue weighted by molar-refractivity contribution is -0.183. The van der Waals surface area contributed by atoms with Crippen LogP contribution in [-0.4, -0.2) is 24.8 Å². The molecule has 0 saturated heterocycles. The second-order valence-electron chi connectivity index (χ2n) is 4.28. The molecule has 1 aromatic rings.